The number of hydrogen-bond acceptors (Lipinski definition) is 2. The molecular formula is C13H17N2. The first-order chi connectivity index (χ1) is 6.95. The summed E-state index contributed by atoms with van der Waals surface area (Å²) in [4.78, 5) is 6.57. The highest BCUT2D eigenvalue weighted by atomic mass is 15.3. The first-order valence-electron chi connectivity index (χ1n) is 5.28. The van der Waals surface area contributed by atoms with Gasteiger partial charge >= 0.3 is 0 Å². The van der Waals surface area contributed by atoms with E-state index >= 15 is 0 Å². The van der Waals surface area contributed by atoms with Gasteiger partial charge in [0.25, 0.3) is 0 Å². The van der Waals surface area contributed by atoms with E-state index < -0.39 is 0 Å². The maximum atomic E-state index is 4.45. The molecule has 0 saturated carbocycles. The van der Waals surface area contributed by atoms with E-state index in [0.29, 0.717) is 0 Å². The van der Waals surface area contributed by atoms with E-state index in [1.165, 1.54) is 0 Å². The van der Waals surface area contributed by atoms with Gasteiger partial charge in [-0.1, -0.05) is 18.2 Å². The summed E-state index contributed by atoms with van der Waals surface area (Å²) in [6.45, 7) is 8.68. The highest BCUT2D eigenvalue weighted by molar-refractivity contribution is 5.84. The number of benzene rings is 1. The summed E-state index contributed by atoms with van der Waals surface area (Å²) in [7, 11) is 0. The Balaban J connectivity index is 2.39. The van der Waals surface area contributed by atoms with Gasteiger partial charge in [0, 0.05) is 5.69 Å². The Kier molecular flexibility index (Phi) is 2.10. The summed E-state index contributed by atoms with van der Waals surface area (Å²) < 4.78 is 0. The second-order valence-electron chi connectivity index (χ2n) is 5.00. The molecule has 0 amide bonds. The van der Waals surface area contributed by atoms with E-state index in [1.54, 1.807) is 0 Å². The summed E-state index contributed by atoms with van der Waals surface area (Å²) in [5.74, 6) is 0. The molecule has 15 heavy (non-hydrogen) atoms. The smallest absolute Gasteiger partial charge is 0.173 e. The molecule has 0 unspecified atom stereocenters. The van der Waals surface area contributed by atoms with Crippen LogP contribution in [0.4, 0.5) is 5.69 Å². The standard InChI is InChI=1S/C13H17N2/c1-12(2)13(3,4)15(10-14-12)11-8-6-5-7-9-11/h5-9H,1-4H3. The fraction of sp³-hybridized carbons (Fsp3) is 0.462. The highest BCUT2D eigenvalue weighted by Gasteiger charge is 2.45. The van der Waals surface area contributed by atoms with Crippen molar-refractivity contribution in [3.63, 3.8) is 0 Å². The van der Waals surface area contributed by atoms with Gasteiger partial charge in [-0.25, -0.2) is 0 Å². The Bertz CT molecular complexity index is 377. The van der Waals surface area contributed by atoms with E-state index in [-0.39, 0.29) is 11.1 Å². The van der Waals surface area contributed by atoms with Crippen molar-refractivity contribution in [1.82, 2.24) is 0 Å². The Labute approximate surface area is 91.6 Å². The van der Waals surface area contributed by atoms with Crippen molar-refractivity contribution in [3.05, 3.63) is 30.3 Å². The Morgan fingerprint density at radius 1 is 1.07 bits per heavy atom. The lowest BCUT2D eigenvalue weighted by molar-refractivity contribution is 0.338. The van der Waals surface area contributed by atoms with Gasteiger partial charge in [0.05, 0.1) is 11.1 Å². The number of nitrogens with zero attached hydrogens (tertiary/aromatic N) is 2. The van der Waals surface area contributed by atoms with Crippen molar-refractivity contribution in [3.8, 4) is 0 Å². The summed E-state index contributed by atoms with van der Waals surface area (Å²) in [6, 6.07) is 10.3. The van der Waals surface area contributed by atoms with Crippen molar-refractivity contribution >= 4 is 12.0 Å². The van der Waals surface area contributed by atoms with Crippen molar-refractivity contribution < 1.29 is 0 Å². The molecular weight excluding hydrogens is 184 g/mol. The third kappa shape index (κ3) is 1.44. The van der Waals surface area contributed by atoms with Crippen molar-refractivity contribution in [2.75, 3.05) is 4.90 Å². The average molecular weight is 201 g/mol. The van der Waals surface area contributed by atoms with Gasteiger partial charge < -0.3 is 4.90 Å². The Hall–Kier alpha value is -1.31. The molecule has 0 bridgehead atoms. The summed E-state index contributed by atoms with van der Waals surface area (Å²) in [5, 5.41) is 0. The minimum Gasteiger partial charge on any atom is -0.316 e. The Morgan fingerprint density at radius 2 is 1.67 bits per heavy atom. The second-order valence-corrected chi connectivity index (χ2v) is 5.00. The van der Waals surface area contributed by atoms with Gasteiger partial charge in [-0.05, 0) is 39.8 Å². The summed E-state index contributed by atoms with van der Waals surface area (Å²) in [5.41, 5.74) is 1.02. The van der Waals surface area contributed by atoms with E-state index in [2.05, 4.69) is 56.1 Å². The number of anilines is 1. The maximum absolute atomic E-state index is 4.45. The van der Waals surface area contributed by atoms with Gasteiger partial charge in [0.15, 0.2) is 6.34 Å². The molecule has 2 rings (SSSR count). The minimum atomic E-state index is -0.0944. The normalized spacial score (nSPS) is 22.0. The summed E-state index contributed by atoms with van der Waals surface area (Å²) >= 11 is 0. The number of hydrogen-bond donors (Lipinski definition) is 0. The van der Waals surface area contributed by atoms with Crippen LogP contribution >= 0.6 is 0 Å². The molecule has 2 nitrogen and oxygen atoms in total. The van der Waals surface area contributed by atoms with Crippen molar-refractivity contribution in [2.24, 2.45) is 4.99 Å². The van der Waals surface area contributed by atoms with Gasteiger partial charge in [0.1, 0.15) is 0 Å². The fourth-order valence-corrected chi connectivity index (χ4v) is 1.67. The molecule has 0 fully saturated rings. The topological polar surface area (TPSA) is 15.6 Å². The van der Waals surface area contributed by atoms with E-state index in [0.717, 1.165) is 5.69 Å². The number of rotatable bonds is 1. The third-order valence-corrected chi connectivity index (χ3v) is 3.50. The van der Waals surface area contributed by atoms with E-state index in [9.17, 15) is 0 Å². The zero-order chi connectivity index (χ0) is 11.1. The first-order valence-corrected chi connectivity index (χ1v) is 5.28. The molecule has 1 aromatic carbocycles. The number of para-hydroxylation sites is 1. The predicted molar refractivity (Wildman–Crippen MR) is 64.5 cm³/mol. The molecule has 79 valence electrons. The van der Waals surface area contributed by atoms with E-state index in [1.807, 2.05) is 18.2 Å². The van der Waals surface area contributed by atoms with Crippen LogP contribution in [0.1, 0.15) is 27.7 Å². The van der Waals surface area contributed by atoms with Crippen LogP contribution in [-0.2, 0) is 0 Å². The number of aliphatic imine (C=N–C) groups is 1. The van der Waals surface area contributed by atoms with Gasteiger partial charge in [-0.15, -0.1) is 0 Å². The SMILES string of the molecule is CC1(C)N=[C]N(c2ccccc2)C1(C)C. The van der Waals surface area contributed by atoms with Crippen LogP contribution in [0.3, 0.4) is 0 Å². The van der Waals surface area contributed by atoms with Crippen LogP contribution in [0.2, 0.25) is 0 Å². The lowest BCUT2D eigenvalue weighted by Gasteiger charge is -2.39. The predicted octanol–water partition coefficient (Wildman–Crippen LogP) is 2.97. The van der Waals surface area contributed by atoms with Crippen LogP contribution < -0.4 is 4.90 Å². The van der Waals surface area contributed by atoms with Crippen molar-refractivity contribution in [1.29, 1.82) is 0 Å². The molecule has 0 spiro atoms. The van der Waals surface area contributed by atoms with Crippen LogP contribution in [0.15, 0.2) is 35.3 Å². The molecule has 1 aliphatic heterocycles. The monoisotopic (exact) mass is 201 g/mol. The largest absolute Gasteiger partial charge is 0.316 e. The molecule has 1 heterocycles. The van der Waals surface area contributed by atoms with Gasteiger partial charge in [-0.3, -0.25) is 4.99 Å². The van der Waals surface area contributed by atoms with Crippen LogP contribution in [0, 0.1) is 0 Å². The molecule has 0 atom stereocenters. The molecule has 0 aliphatic carbocycles. The zero-order valence-corrected chi connectivity index (χ0v) is 9.78. The summed E-state index contributed by atoms with van der Waals surface area (Å²) in [6.07, 6.45) is 3.11. The van der Waals surface area contributed by atoms with Gasteiger partial charge in [0.2, 0.25) is 0 Å². The highest BCUT2D eigenvalue weighted by Crippen LogP contribution is 2.37. The molecule has 0 aromatic heterocycles. The maximum Gasteiger partial charge on any atom is 0.173 e. The average Bonchev–Trinajstić information content (AvgIpc) is 2.39. The second kappa shape index (κ2) is 3.09. The van der Waals surface area contributed by atoms with Crippen LogP contribution in [-0.4, -0.2) is 17.4 Å². The molecule has 2 heteroatoms. The molecule has 1 radical (unpaired) electrons. The molecule has 1 aliphatic rings. The Morgan fingerprint density at radius 3 is 2.13 bits per heavy atom. The zero-order valence-electron chi connectivity index (χ0n) is 9.78. The molecule has 0 saturated heterocycles. The van der Waals surface area contributed by atoms with E-state index in [4.69, 9.17) is 0 Å². The minimum absolute atomic E-state index is 0.0334. The quantitative estimate of drug-likeness (QED) is 0.682. The fourth-order valence-electron chi connectivity index (χ4n) is 1.67. The van der Waals surface area contributed by atoms with Gasteiger partial charge in [-0.2, -0.15) is 0 Å². The lowest BCUT2D eigenvalue weighted by Crippen LogP contribution is -2.51. The molecule has 0 N–H and O–H groups in total. The van der Waals surface area contributed by atoms with Crippen LogP contribution in [0.5, 0.6) is 0 Å². The third-order valence-electron chi connectivity index (χ3n) is 3.50. The molecule has 1 aromatic rings. The van der Waals surface area contributed by atoms with Crippen LogP contribution in [0.25, 0.3) is 0 Å². The first kappa shape index (κ1) is 10.2. The van der Waals surface area contributed by atoms with Crippen molar-refractivity contribution in [2.45, 2.75) is 38.8 Å². The lowest BCUT2D eigenvalue weighted by atomic mass is 9.83.